The van der Waals surface area contributed by atoms with Crippen molar-refractivity contribution in [3.8, 4) is 0 Å². The molecule has 0 aliphatic carbocycles. The first-order valence-corrected chi connectivity index (χ1v) is 10.9. The summed E-state index contributed by atoms with van der Waals surface area (Å²) < 4.78 is 0. The first-order chi connectivity index (χ1) is 16.4. The molecule has 0 bridgehead atoms. The Morgan fingerprint density at radius 1 is 0.794 bits per heavy atom. The second kappa shape index (κ2) is 8.47. The maximum atomic E-state index is 13.4. The van der Waals surface area contributed by atoms with E-state index >= 15 is 0 Å². The van der Waals surface area contributed by atoms with Gasteiger partial charge in [0.05, 0.1) is 11.3 Å². The van der Waals surface area contributed by atoms with Gasteiger partial charge in [0.1, 0.15) is 6.17 Å². The summed E-state index contributed by atoms with van der Waals surface area (Å²) in [6.45, 7) is 1.57. The largest absolute Gasteiger partial charge is 0.326 e. The number of hydrogen-bond donors (Lipinski definition) is 2. The third kappa shape index (κ3) is 3.69. The molecule has 8 heteroatoms. The number of hydrogen-bond acceptors (Lipinski definition) is 4. The summed E-state index contributed by atoms with van der Waals surface area (Å²) >= 11 is 0. The molecule has 8 nitrogen and oxygen atoms in total. The highest BCUT2D eigenvalue weighted by Crippen LogP contribution is 2.45. The molecule has 0 saturated heterocycles. The average molecular weight is 454 g/mol. The smallest absolute Gasteiger partial charge is 0.260 e. The van der Waals surface area contributed by atoms with Crippen LogP contribution in [0.15, 0.2) is 72.8 Å². The van der Waals surface area contributed by atoms with E-state index in [2.05, 4.69) is 10.6 Å². The third-order valence-corrected chi connectivity index (χ3v) is 5.95. The molecule has 3 aromatic rings. The number of amides is 4. The van der Waals surface area contributed by atoms with Crippen molar-refractivity contribution in [2.45, 2.75) is 19.5 Å². The van der Waals surface area contributed by atoms with E-state index in [0.717, 1.165) is 5.56 Å². The highest BCUT2D eigenvalue weighted by atomic mass is 16.2. The van der Waals surface area contributed by atoms with E-state index < -0.39 is 6.17 Å². The number of para-hydroxylation sites is 1. The van der Waals surface area contributed by atoms with Gasteiger partial charge in [0.15, 0.2) is 0 Å². The molecule has 0 aromatic heterocycles. The summed E-state index contributed by atoms with van der Waals surface area (Å²) in [5, 5.41) is 5.49. The number of anilines is 3. The Bertz CT molecular complexity index is 1320. The first kappa shape index (κ1) is 21.4. The molecule has 5 rings (SSSR count). The highest BCUT2D eigenvalue weighted by molar-refractivity contribution is 6.16. The van der Waals surface area contributed by atoms with Crippen molar-refractivity contribution < 1.29 is 19.2 Å². The molecule has 2 aliphatic rings. The Hall–Kier alpha value is -4.46. The molecule has 3 aromatic carbocycles. The predicted octanol–water partition coefficient (Wildman–Crippen LogP) is 3.79. The lowest BCUT2D eigenvalue weighted by Crippen LogP contribution is -2.48. The van der Waals surface area contributed by atoms with E-state index in [4.69, 9.17) is 0 Å². The minimum absolute atomic E-state index is 0.0576. The zero-order chi connectivity index (χ0) is 23.8. The number of carbonyl (C=O) groups is 4. The molecule has 2 aliphatic heterocycles. The molecule has 34 heavy (non-hydrogen) atoms. The Labute approximate surface area is 196 Å². The van der Waals surface area contributed by atoms with Crippen LogP contribution in [0.25, 0.3) is 0 Å². The van der Waals surface area contributed by atoms with Crippen LogP contribution in [0.3, 0.4) is 0 Å². The lowest BCUT2D eigenvalue weighted by molar-refractivity contribution is -0.116. The van der Waals surface area contributed by atoms with Gasteiger partial charge >= 0.3 is 0 Å². The van der Waals surface area contributed by atoms with Crippen LogP contribution >= 0.6 is 0 Å². The molecular weight excluding hydrogens is 432 g/mol. The SMILES string of the molecule is CC(=O)Nc1ccc(NC(=O)CCN2C(=O)c3ccccc3N3C(=O)c4ccccc4C23)cc1. The number of nitrogens with one attached hydrogen (secondary N) is 2. The molecule has 1 unspecified atom stereocenters. The molecule has 1 atom stereocenters. The van der Waals surface area contributed by atoms with Gasteiger partial charge in [-0.3, -0.25) is 24.1 Å². The van der Waals surface area contributed by atoms with Crippen molar-refractivity contribution in [2.24, 2.45) is 0 Å². The van der Waals surface area contributed by atoms with Crippen molar-refractivity contribution in [3.05, 3.63) is 89.5 Å². The normalized spacial score (nSPS) is 16.0. The van der Waals surface area contributed by atoms with Gasteiger partial charge in [-0.2, -0.15) is 0 Å². The van der Waals surface area contributed by atoms with Crippen LogP contribution in [0.2, 0.25) is 0 Å². The van der Waals surface area contributed by atoms with Crippen LogP contribution in [0, 0.1) is 0 Å². The van der Waals surface area contributed by atoms with Gasteiger partial charge < -0.3 is 15.5 Å². The van der Waals surface area contributed by atoms with Crippen LogP contribution in [0.5, 0.6) is 0 Å². The van der Waals surface area contributed by atoms with Gasteiger partial charge in [0.2, 0.25) is 11.8 Å². The summed E-state index contributed by atoms with van der Waals surface area (Å²) in [5.41, 5.74) is 3.55. The van der Waals surface area contributed by atoms with Gasteiger partial charge in [0, 0.05) is 42.4 Å². The number of fused-ring (bicyclic) bond motifs is 5. The summed E-state index contributed by atoms with van der Waals surface area (Å²) in [6, 6.07) is 21.1. The first-order valence-electron chi connectivity index (χ1n) is 10.9. The van der Waals surface area contributed by atoms with E-state index in [1.54, 1.807) is 70.5 Å². The Morgan fingerprint density at radius 3 is 2.12 bits per heavy atom. The maximum absolute atomic E-state index is 13.4. The van der Waals surface area contributed by atoms with E-state index in [1.807, 2.05) is 12.1 Å². The fourth-order valence-corrected chi connectivity index (χ4v) is 4.49. The van der Waals surface area contributed by atoms with E-state index in [0.29, 0.717) is 28.2 Å². The van der Waals surface area contributed by atoms with Crippen LogP contribution in [-0.2, 0) is 9.59 Å². The lowest BCUT2D eigenvalue weighted by atomic mass is 10.0. The fraction of sp³-hybridized carbons (Fsp3) is 0.154. The number of carbonyl (C=O) groups excluding carboxylic acids is 4. The van der Waals surface area contributed by atoms with E-state index in [-0.39, 0.29) is 36.6 Å². The Morgan fingerprint density at radius 2 is 1.41 bits per heavy atom. The zero-order valence-corrected chi connectivity index (χ0v) is 18.4. The Balaban J connectivity index is 1.36. The molecule has 4 amide bonds. The summed E-state index contributed by atoms with van der Waals surface area (Å²) in [4.78, 5) is 53.7. The summed E-state index contributed by atoms with van der Waals surface area (Å²) in [7, 11) is 0. The molecule has 0 saturated carbocycles. The Kier molecular flexibility index (Phi) is 5.33. The second-order valence-electron chi connectivity index (χ2n) is 8.21. The van der Waals surface area contributed by atoms with Gasteiger partial charge in [-0.15, -0.1) is 0 Å². The third-order valence-electron chi connectivity index (χ3n) is 5.95. The van der Waals surface area contributed by atoms with Crippen molar-refractivity contribution in [3.63, 3.8) is 0 Å². The van der Waals surface area contributed by atoms with E-state index in [9.17, 15) is 19.2 Å². The maximum Gasteiger partial charge on any atom is 0.260 e. The van der Waals surface area contributed by atoms with Crippen molar-refractivity contribution in [2.75, 3.05) is 22.1 Å². The standard InChI is InChI=1S/C26H22N4O4/c1-16(31)27-17-10-12-18(13-11-17)28-23(32)14-15-29-24-19-6-2-3-7-20(19)26(34)30(24)22-9-5-4-8-21(22)25(29)33/h2-13,24H,14-15H2,1H3,(H,27,31)(H,28,32). The monoisotopic (exact) mass is 454 g/mol. The molecule has 2 heterocycles. The molecule has 2 N–H and O–H groups in total. The van der Waals surface area contributed by atoms with Crippen LogP contribution in [0.1, 0.15) is 45.8 Å². The van der Waals surface area contributed by atoms with Gasteiger partial charge in [-0.05, 0) is 42.5 Å². The van der Waals surface area contributed by atoms with Gasteiger partial charge in [-0.25, -0.2) is 0 Å². The molecule has 0 fully saturated rings. The van der Waals surface area contributed by atoms with Gasteiger partial charge in [-0.1, -0.05) is 30.3 Å². The van der Waals surface area contributed by atoms with Crippen molar-refractivity contribution >= 4 is 40.7 Å². The predicted molar refractivity (Wildman–Crippen MR) is 127 cm³/mol. The fourth-order valence-electron chi connectivity index (χ4n) is 4.49. The van der Waals surface area contributed by atoms with Gasteiger partial charge in [0.25, 0.3) is 11.8 Å². The average Bonchev–Trinajstić information content (AvgIpc) is 3.13. The van der Waals surface area contributed by atoms with Crippen LogP contribution < -0.4 is 15.5 Å². The van der Waals surface area contributed by atoms with E-state index in [1.165, 1.54) is 6.92 Å². The quantitative estimate of drug-likeness (QED) is 0.613. The number of rotatable bonds is 5. The topological polar surface area (TPSA) is 98.8 Å². The molecule has 170 valence electrons. The molecular formula is C26H22N4O4. The molecule has 0 radical (unpaired) electrons. The van der Waals surface area contributed by atoms with Crippen molar-refractivity contribution in [1.82, 2.24) is 4.90 Å². The minimum Gasteiger partial charge on any atom is -0.326 e. The van der Waals surface area contributed by atoms with Crippen molar-refractivity contribution in [1.29, 1.82) is 0 Å². The lowest BCUT2D eigenvalue weighted by Gasteiger charge is -2.40. The summed E-state index contributed by atoms with van der Waals surface area (Å²) in [6.07, 6.45) is -0.530. The van der Waals surface area contributed by atoms with Crippen LogP contribution in [-0.4, -0.2) is 35.1 Å². The number of benzene rings is 3. The molecule has 0 spiro atoms. The van der Waals surface area contributed by atoms with Crippen LogP contribution in [0.4, 0.5) is 17.1 Å². The summed E-state index contributed by atoms with van der Waals surface area (Å²) in [5.74, 6) is -0.809. The minimum atomic E-state index is -0.587. The zero-order valence-electron chi connectivity index (χ0n) is 18.4. The highest BCUT2D eigenvalue weighted by Gasteiger charge is 2.47. The second-order valence-corrected chi connectivity index (χ2v) is 8.21. The number of nitrogens with zero attached hydrogens (tertiary/aromatic N) is 2.